The highest BCUT2D eigenvalue weighted by molar-refractivity contribution is 5.93. The molecule has 2 heterocycles. The zero-order valence-electron chi connectivity index (χ0n) is 16.3. The maximum Gasteiger partial charge on any atom is 0.416 e. The number of urea groups is 1. The van der Waals surface area contributed by atoms with E-state index in [2.05, 4.69) is 5.32 Å². The molecule has 2 aliphatic rings. The SMILES string of the molecule is CCOC(=O)N1CCN(C(=O)Nc2cc(C(F)(F)F)ccc2N2CCCC2)CC1. The van der Waals surface area contributed by atoms with E-state index in [9.17, 15) is 22.8 Å². The van der Waals surface area contributed by atoms with Gasteiger partial charge in [-0.15, -0.1) is 0 Å². The van der Waals surface area contributed by atoms with Crippen molar-refractivity contribution in [3.8, 4) is 0 Å². The van der Waals surface area contributed by atoms with E-state index in [0.29, 0.717) is 18.8 Å². The first kappa shape index (κ1) is 21.1. The van der Waals surface area contributed by atoms with E-state index in [0.717, 1.165) is 38.1 Å². The van der Waals surface area contributed by atoms with E-state index in [1.165, 1.54) is 15.9 Å². The number of hydrogen-bond acceptors (Lipinski definition) is 4. The number of anilines is 2. The van der Waals surface area contributed by atoms with Crippen molar-refractivity contribution in [3.05, 3.63) is 23.8 Å². The first-order valence-corrected chi connectivity index (χ1v) is 9.73. The van der Waals surface area contributed by atoms with Gasteiger partial charge in [0.15, 0.2) is 0 Å². The van der Waals surface area contributed by atoms with Crippen molar-refractivity contribution in [2.45, 2.75) is 25.9 Å². The lowest BCUT2D eigenvalue weighted by Crippen LogP contribution is -2.51. The normalized spacial score (nSPS) is 17.4. The molecule has 3 rings (SSSR count). The van der Waals surface area contributed by atoms with Gasteiger partial charge >= 0.3 is 18.3 Å². The molecule has 1 aromatic rings. The number of hydrogen-bond donors (Lipinski definition) is 1. The fourth-order valence-electron chi connectivity index (χ4n) is 3.55. The summed E-state index contributed by atoms with van der Waals surface area (Å²) in [6.07, 6.45) is -3.00. The third-order valence-electron chi connectivity index (χ3n) is 5.11. The molecule has 0 spiro atoms. The Morgan fingerprint density at radius 1 is 1.03 bits per heavy atom. The largest absolute Gasteiger partial charge is 0.450 e. The van der Waals surface area contributed by atoms with Crippen LogP contribution in [0.15, 0.2) is 18.2 Å². The molecule has 0 radical (unpaired) electrons. The van der Waals surface area contributed by atoms with Crippen LogP contribution >= 0.6 is 0 Å². The molecule has 0 aromatic heterocycles. The van der Waals surface area contributed by atoms with E-state index in [1.807, 2.05) is 4.90 Å². The smallest absolute Gasteiger partial charge is 0.416 e. The van der Waals surface area contributed by atoms with Crippen LogP contribution in [0, 0.1) is 0 Å². The van der Waals surface area contributed by atoms with Crippen LogP contribution in [0.3, 0.4) is 0 Å². The fraction of sp³-hybridized carbons (Fsp3) is 0.579. The number of halogens is 3. The van der Waals surface area contributed by atoms with Gasteiger partial charge in [0.05, 0.1) is 23.5 Å². The average Bonchev–Trinajstić information content (AvgIpc) is 3.22. The molecule has 1 N–H and O–H groups in total. The number of carbonyl (C=O) groups excluding carboxylic acids is 2. The molecule has 0 saturated carbocycles. The quantitative estimate of drug-likeness (QED) is 0.821. The minimum absolute atomic E-state index is 0.152. The van der Waals surface area contributed by atoms with Crippen LogP contribution < -0.4 is 10.2 Å². The number of benzene rings is 1. The van der Waals surface area contributed by atoms with Crippen LogP contribution in [0.2, 0.25) is 0 Å². The monoisotopic (exact) mass is 414 g/mol. The summed E-state index contributed by atoms with van der Waals surface area (Å²) in [4.78, 5) is 29.4. The highest BCUT2D eigenvalue weighted by Gasteiger charge is 2.32. The van der Waals surface area contributed by atoms with E-state index in [-0.39, 0.29) is 25.4 Å². The van der Waals surface area contributed by atoms with Crippen molar-refractivity contribution < 1.29 is 27.5 Å². The number of carbonyl (C=O) groups is 2. The lowest BCUT2D eigenvalue weighted by molar-refractivity contribution is -0.137. The van der Waals surface area contributed by atoms with Crippen LogP contribution in [0.25, 0.3) is 0 Å². The van der Waals surface area contributed by atoms with Gasteiger partial charge in [0, 0.05) is 39.3 Å². The van der Waals surface area contributed by atoms with Crippen molar-refractivity contribution >= 4 is 23.5 Å². The molecule has 2 fully saturated rings. The summed E-state index contributed by atoms with van der Waals surface area (Å²) < 4.78 is 44.4. The Hall–Kier alpha value is -2.65. The van der Waals surface area contributed by atoms with E-state index in [4.69, 9.17) is 4.74 Å². The molecule has 10 heteroatoms. The summed E-state index contributed by atoms with van der Waals surface area (Å²) in [5.41, 5.74) is -0.0589. The first-order chi connectivity index (χ1) is 13.8. The zero-order chi connectivity index (χ0) is 21.0. The standard InChI is InChI=1S/C19H25F3N4O3/c1-2-29-18(28)26-11-9-25(10-12-26)17(27)23-15-13-14(19(20,21)22)5-6-16(15)24-7-3-4-8-24/h5-6,13H,2-4,7-12H2,1H3,(H,23,27). The highest BCUT2D eigenvalue weighted by atomic mass is 19.4. The third kappa shape index (κ3) is 5.04. The summed E-state index contributed by atoms with van der Waals surface area (Å²) in [5, 5.41) is 2.65. The van der Waals surface area contributed by atoms with Gasteiger partial charge < -0.3 is 24.8 Å². The molecular formula is C19H25F3N4O3. The lowest BCUT2D eigenvalue weighted by Gasteiger charge is -2.34. The van der Waals surface area contributed by atoms with Crippen molar-refractivity contribution in [3.63, 3.8) is 0 Å². The predicted octanol–water partition coefficient (Wildman–Crippen LogP) is 3.61. The Morgan fingerprint density at radius 2 is 1.66 bits per heavy atom. The fourth-order valence-corrected chi connectivity index (χ4v) is 3.55. The molecule has 2 saturated heterocycles. The number of rotatable bonds is 3. The molecule has 160 valence electrons. The molecule has 3 amide bonds. The van der Waals surface area contributed by atoms with Crippen molar-refractivity contribution in [2.24, 2.45) is 0 Å². The number of piperazine rings is 1. The molecule has 1 aromatic carbocycles. The van der Waals surface area contributed by atoms with Crippen LogP contribution in [-0.2, 0) is 10.9 Å². The molecule has 0 bridgehead atoms. The second kappa shape index (κ2) is 8.79. The van der Waals surface area contributed by atoms with Gasteiger partial charge in [-0.1, -0.05) is 0 Å². The topological polar surface area (TPSA) is 65.1 Å². The van der Waals surface area contributed by atoms with Gasteiger partial charge in [-0.3, -0.25) is 0 Å². The number of ether oxygens (including phenoxy) is 1. The molecule has 29 heavy (non-hydrogen) atoms. The number of nitrogens with zero attached hydrogens (tertiary/aromatic N) is 3. The molecule has 0 aliphatic carbocycles. The second-order valence-electron chi connectivity index (χ2n) is 7.03. The van der Waals surface area contributed by atoms with Gasteiger partial charge in [0.1, 0.15) is 0 Å². The van der Waals surface area contributed by atoms with Crippen molar-refractivity contribution in [1.29, 1.82) is 0 Å². The molecular weight excluding hydrogens is 389 g/mol. The summed E-state index contributed by atoms with van der Waals surface area (Å²) >= 11 is 0. The van der Waals surface area contributed by atoms with Gasteiger partial charge in [-0.25, -0.2) is 9.59 Å². The van der Waals surface area contributed by atoms with Gasteiger partial charge in [-0.05, 0) is 38.0 Å². The first-order valence-electron chi connectivity index (χ1n) is 9.73. The Morgan fingerprint density at radius 3 is 2.24 bits per heavy atom. The zero-order valence-corrected chi connectivity index (χ0v) is 16.3. The number of nitrogens with one attached hydrogen (secondary N) is 1. The Labute approximate surface area is 167 Å². The van der Waals surface area contributed by atoms with Crippen LogP contribution in [-0.4, -0.2) is 67.8 Å². The maximum atomic E-state index is 13.2. The summed E-state index contributed by atoms with van der Waals surface area (Å²) in [5.74, 6) is 0. The Bertz CT molecular complexity index is 743. The van der Waals surface area contributed by atoms with Crippen molar-refractivity contribution in [2.75, 3.05) is 56.1 Å². The minimum Gasteiger partial charge on any atom is -0.450 e. The van der Waals surface area contributed by atoms with E-state index >= 15 is 0 Å². The van der Waals surface area contributed by atoms with Crippen LogP contribution in [0.1, 0.15) is 25.3 Å². The van der Waals surface area contributed by atoms with E-state index in [1.54, 1.807) is 6.92 Å². The van der Waals surface area contributed by atoms with Gasteiger partial charge in [-0.2, -0.15) is 13.2 Å². The van der Waals surface area contributed by atoms with Crippen LogP contribution in [0.5, 0.6) is 0 Å². The van der Waals surface area contributed by atoms with Crippen molar-refractivity contribution in [1.82, 2.24) is 9.80 Å². The van der Waals surface area contributed by atoms with E-state index < -0.39 is 23.9 Å². The molecule has 0 unspecified atom stereocenters. The molecule has 0 atom stereocenters. The van der Waals surface area contributed by atoms with Gasteiger partial charge in [0.25, 0.3) is 0 Å². The molecule has 7 nitrogen and oxygen atoms in total. The lowest BCUT2D eigenvalue weighted by atomic mass is 10.1. The number of amides is 3. The average molecular weight is 414 g/mol. The summed E-state index contributed by atoms with van der Waals surface area (Å²) in [6, 6.07) is 2.97. The number of alkyl halides is 3. The Kier molecular flexibility index (Phi) is 6.39. The maximum absolute atomic E-state index is 13.2. The second-order valence-corrected chi connectivity index (χ2v) is 7.03. The third-order valence-corrected chi connectivity index (χ3v) is 5.11. The predicted molar refractivity (Wildman–Crippen MR) is 102 cm³/mol. The molecule has 2 aliphatic heterocycles. The minimum atomic E-state index is -4.49. The Balaban J connectivity index is 1.71. The summed E-state index contributed by atoms with van der Waals surface area (Å²) in [6.45, 7) is 4.66. The van der Waals surface area contributed by atoms with Gasteiger partial charge in [0.2, 0.25) is 0 Å². The van der Waals surface area contributed by atoms with Crippen LogP contribution in [0.4, 0.5) is 34.1 Å². The highest BCUT2D eigenvalue weighted by Crippen LogP contribution is 2.36. The summed E-state index contributed by atoms with van der Waals surface area (Å²) in [7, 11) is 0.